The largest absolute Gasteiger partial charge is 0.508 e. The predicted octanol–water partition coefficient (Wildman–Crippen LogP) is 1.25. The van der Waals surface area contributed by atoms with E-state index < -0.39 is 17.9 Å². The van der Waals surface area contributed by atoms with Crippen molar-refractivity contribution in [3.05, 3.63) is 29.3 Å². The Morgan fingerprint density at radius 1 is 1.35 bits per heavy atom. The number of nitrogens with zero attached hydrogens (tertiary/aromatic N) is 1. The summed E-state index contributed by atoms with van der Waals surface area (Å²) < 4.78 is 0. The summed E-state index contributed by atoms with van der Waals surface area (Å²) in [6.07, 6.45) is 0. The molecule has 92 valence electrons. The summed E-state index contributed by atoms with van der Waals surface area (Å²) >= 11 is 0. The zero-order chi connectivity index (χ0) is 13.2. The number of aliphatic carboxylic acids is 1. The van der Waals surface area contributed by atoms with Gasteiger partial charge in [0.05, 0.1) is 0 Å². The number of carboxylic acid groups (broad SMARTS) is 1. The number of benzene rings is 1. The van der Waals surface area contributed by atoms with Gasteiger partial charge in [0.1, 0.15) is 11.8 Å². The van der Waals surface area contributed by atoms with Crippen LogP contribution in [0.5, 0.6) is 5.75 Å². The fraction of sp³-hybridized carbons (Fsp3) is 0.333. The lowest BCUT2D eigenvalue weighted by Gasteiger charge is -2.22. The van der Waals surface area contributed by atoms with Crippen LogP contribution in [-0.2, 0) is 4.79 Å². The summed E-state index contributed by atoms with van der Waals surface area (Å²) in [7, 11) is 1.42. The first-order chi connectivity index (χ1) is 7.86. The van der Waals surface area contributed by atoms with Crippen LogP contribution < -0.4 is 0 Å². The average molecular weight is 237 g/mol. The van der Waals surface area contributed by atoms with E-state index in [1.807, 2.05) is 0 Å². The number of carbonyl (C=O) groups excluding carboxylic acids is 1. The second kappa shape index (κ2) is 4.86. The number of hydrogen-bond acceptors (Lipinski definition) is 3. The number of phenols is 1. The zero-order valence-electron chi connectivity index (χ0n) is 9.97. The average Bonchev–Trinajstić information content (AvgIpc) is 2.29. The summed E-state index contributed by atoms with van der Waals surface area (Å²) in [6.45, 7) is 3.04. The van der Waals surface area contributed by atoms with Crippen LogP contribution in [0.1, 0.15) is 22.8 Å². The van der Waals surface area contributed by atoms with Crippen LogP contribution in [0.4, 0.5) is 0 Å². The van der Waals surface area contributed by atoms with Crippen LogP contribution >= 0.6 is 0 Å². The van der Waals surface area contributed by atoms with Crippen LogP contribution in [0.15, 0.2) is 18.2 Å². The van der Waals surface area contributed by atoms with Gasteiger partial charge in [0, 0.05) is 18.2 Å². The van der Waals surface area contributed by atoms with Gasteiger partial charge < -0.3 is 15.1 Å². The van der Waals surface area contributed by atoms with E-state index in [1.54, 1.807) is 19.1 Å². The van der Waals surface area contributed by atoms with Crippen molar-refractivity contribution < 1.29 is 19.8 Å². The standard InChI is InChI=1S/C12H15NO4/c1-7-9(5-4-6-10(7)14)11(15)13(3)8(2)12(16)17/h4-6,8,14H,1-3H3,(H,16,17). The maximum atomic E-state index is 12.0. The molecule has 0 saturated carbocycles. The van der Waals surface area contributed by atoms with Crippen molar-refractivity contribution in [2.45, 2.75) is 19.9 Å². The Balaban J connectivity index is 3.05. The SMILES string of the molecule is Cc1c(O)cccc1C(=O)N(C)C(C)C(=O)O. The number of aromatic hydroxyl groups is 1. The number of carboxylic acids is 1. The summed E-state index contributed by atoms with van der Waals surface area (Å²) in [5.41, 5.74) is 0.752. The Morgan fingerprint density at radius 3 is 2.47 bits per heavy atom. The highest BCUT2D eigenvalue weighted by atomic mass is 16.4. The lowest BCUT2D eigenvalue weighted by Crippen LogP contribution is -2.40. The molecule has 0 aromatic heterocycles. The smallest absolute Gasteiger partial charge is 0.326 e. The minimum Gasteiger partial charge on any atom is -0.508 e. The van der Waals surface area contributed by atoms with E-state index in [9.17, 15) is 14.7 Å². The van der Waals surface area contributed by atoms with Crippen molar-refractivity contribution in [1.29, 1.82) is 0 Å². The fourth-order valence-electron chi connectivity index (χ4n) is 1.39. The molecule has 1 aromatic carbocycles. The van der Waals surface area contributed by atoms with Crippen molar-refractivity contribution in [1.82, 2.24) is 4.90 Å². The number of hydrogen-bond donors (Lipinski definition) is 2. The first kappa shape index (κ1) is 13.0. The monoisotopic (exact) mass is 237 g/mol. The summed E-state index contributed by atoms with van der Waals surface area (Å²) in [6, 6.07) is 3.67. The molecule has 0 heterocycles. The molecule has 1 rings (SSSR count). The highest BCUT2D eigenvalue weighted by Crippen LogP contribution is 2.21. The molecular weight excluding hydrogens is 222 g/mol. The molecule has 2 N–H and O–H groups in total. The van der Waals surface area contributed by atoms with Gasteiger partial charge in [-0.1, -0.05) is 6.07 Å². The molecular formula is C12H15NO4. The van der Waals surface area contributed by atoms with Gasteiger partial charge in [0.15, 0.2) is 0 Å². The first-order valence-electron chi connectivity index (χ1n) is 5.14. The fourth-order valence-corrected chi connectivity index (χ4v) is 1.39. The van der Waals surface area contributed by atoms with Crippen LogP contribution in [0.3, 0.4) is 0 Å². The van der Waals surface area contributed by atoms with E-state index in [0.717, 1.165) is 4.90 Å². The second-order valence-electron chi connectivity index (χ2n) is 3.88. The number of rotatable bonds is 3. The number of amides is 1. The number of phenolic OH excluding ortho intramolecular Hbond substituents is 1. The Bertz CT molecular complexity index is 456. The third kappa shape index (κ3) is 2.55. The topological polar surface area (TPSA) is 77.8 Å². The predicted molar refractivity (Wildman–Crippen MR) is 62.0 cm³/mol. The minimum atomic E-state index is -1.07. The summed E-state index contributed by atoms with van der Waals surface area (Å²) in [5.74, 6) is -1.47. The van der Waals surface area contributed by atoms with E-state index in [2.05, 4.69) is 0 Å². The molecule has 5 heteroatoms. The lowest BCUT2D eigenvalue weighted by atomic mass is 10.1. The zero-order valence-corrected chi connectivity index (χ0v) is 9.97. The van der Waals surface area contributed by atoms with Crippen molar-refractivity contribution in [2.75, 3.05) is 7.05 Å². The molecule has 1 unspecified atom stereocenters. The second-order valence-corrected chi connectivity index (χ2v) is 3.88. The molecule has 1 atom stereocenters. The van der Waals surface area contributed by atoms with Crippen molar-refractivity contribution >= 4 is 11.9 Å². The third-order valence-electron chi connectivity index (χ3n) is 2.79. The van der Waals surface area contributed by atoms with Gasteiger partial charge in [-0.05, 0) is 26.0 Å². The van der Waals surface area contributed by atoms with Crippen LogP contribution in [0.25, 0.3) is 0 Å². The van der Waals surface area contributed by atoms with Gasteiger partial charge in [-0.2, -0.15) is 0 Å². The van der Waals surface area contributed by atoms with Gasteiger partial charge in [-0.25, -0.2) is 4.79 Å². The minimum absolute atomic E-state index is 0.0206. The summed E-state index contributed by atoms with van der Waals surface area (Å²) in [4.78, 5) is 23.9. The normalized spacial score (nSPS) is 11.9. The van der Waals surface area contributed by atoms with E-state index in [-0.39, 0.29) is 5.75 Å². The van der Waals surface area contributed by atoms with Crippen molar-refractivity contribution in [3.8, 4) is 5.75 Å². The number of likely N-dealkylation sites (N-methyl/N-ethyl adjacent to an activating group) is 1. The van der Waals surface area contributed by atoms with E-state index in [4.69, 9.17) is 5.11 Å². The summed E-state index contributed by atoms with van der Waals surface area (Å²) in [5, 5.41) is 18.3. The van der Waals surface area contributed by atoms with E-state index in [0.29, 0.717) is 11.1 Å². The Labute approximate surface area is 99.3 Å². The molecule has 0 saturated heterocycles. The Kier molecular flexibility index (Phi) is 3.73. The van der Waals surface area contributed by atoms with Crippen molar-refractivity contribution in [2.24, 2.45) is 0 Å². The number of carbonyl (C=O) groups is 2. The molecule has 17 heavy (non-hydrogen) atoms. The van der Waals surface area contributed by atoms with Crippen LogP contribution in [0.2, 0.25) is 0 Å². The Morgan fingerprint density at radius 2 is 1.94 bits per heavy atom. The molecule has 1 aromatic rings. The Hall–Kier alpha value is -2.04. The molecule has 5 nitrogen and oxygen atoms in total. The van der Waals surface area contributed by atoms with Gasteiger partial charge in [0.2, 0.25) is 0 Å². The molecule has 0 bridgehead atoms. The van der Waals surface area contributed by atoms with Gasteiger partial charge in [0.25, 0.3) is 5.91 Å². The molecule has 0 aliphatic carbocycles. The highest BCUT2D eigenvalue weighted by Gasteiger charge is 2.24. The first-order valence-corrected chi connectivity index (χ1v) is 5.14. The van der Waals surface area contributed by atoms with Crippen LogP contribution in [0, 0.1) is 6.92 Å². The quantitative estimate of drug-likeness (QED) is 0.829. The van der Waals surface area contributed by atoms with Crippen LogP contribution in [-0.4, -0.2) is 40.1 Å². The molecule has 0 aliphatic rings. The van der Waals surface area contributed by atoms with Gasteiger partial charge in [-0.3, -0.25) is 4.79 Å². The van der Waals surface area contributed by atoms with E-state index >= 15 is 0 Å². The van der Waals surface area contributed by atoms with Gasteiger partial charge >= 0.3 is 5.97 Å². The molecule has 1 amide bonds. The van der Waals surface area contributed by atoms with Crippen molar-refractivity contribution in [3.63, 3.8) is 0 Å². The maximum Gasteiger partial charge on any atom is 0.326 e. The highest BCUT2D eigenvalue weighted by molar-refractivity contribution is 5.98. The molecule has 0 aliphatic heterocycles. The molecule has 0 fully saturated rings. The molecule has 0 spiro atoms. The van der Waals surface area contributed by atoms with Gasteiger partial charge in [-0.15, -0.1) is 0 Å². The third-order valence-corrected chi connectivity index (χ3v) is 2.79. The van der Waals surface area contributed by atoms with E-state index in [1.165, 1.54) is 20.0 Å². The lowest BCUT2D eigenvalue weighted by molar-refractivity contribution is -0.141. The molecule has 0 radical (unpaired) electrons. The maximum absolute atomic E-state index is 12.0.